The van der Waals surface area contributed by atoms with Gasteiger partial charge < -0.3 is 14.8 Å². The molecule has 0 heterocycles. The molecule has 0 amide bonds. The molecular formula is C13H20NO2+. The van der Waals surface area contributed by atoms with Gasteiger partial charge in [-0.1, -0.05) is 6.07 Å². The van der Waals surface area contributed by atoms with Gasteiger partial charge in [0.15, 0.2) is 11.5 Å². The summed E-state index contributed by atoms with van der Waals surface area (Å²) in [5.74, 6) is 1.74. The third-order valence-electron chi connectivity index (χ3n) is 2.86. The van der Waals surface area contributed by atoms with E-state index in [1.165, 1.54) is 18.4 Å². The fourth-order valence-corrected chi connectivity index (χ4v) is 1.82. The lowest BCUT2D eigenvalue weighted by atomic mass is 10.2. The highest BCUT2D eigenvalue weighted by atomic mass is 16.5. The van der Waals surface area contributed by atoms with Crippen molar-refractivity contribution in [2.24, 2.45) is 0 Å². The van der Waals surface area contributed by atoms with E-state index in [-0.39, 0.29) is 0 Å². The average molecular weight is 222 g/mol. The summed E-state index contributed by atoms with van der Waals surface area (Å²) in [5, 5.41) is 2.39. The van der Waals surface area contributed by atoms with Gasteiger partial charge >= 0.3 is 0 Å². The quantitative estimate of drug-likeness (QED) is 0.788. The fraction of sp³-hybridized carbons (Fsp3) is 0.538. The van der Waals surface area contributed by atoms with E-state index < -0.39 is 0 Å². The van der Waals surface area contributed by atoms with Crippen LogP contribution in [0.25, 0.3) is 0 Å². The second-order valence-electron chi connectivity index (χ2n) is 4.16. The molecule has 0 aliphatic heterocycles. The molecule has 2 N–H and O–H groups in total. The van der Waals surface area contributed by atoms with Gasteiger partial charge in [-0.15, -0.1) is 0 Å². The minimum Gasteiger partial charge on any atom is -0.493 e. The molecule has 16 heavy (non-hydrogen) atoms. The van der Waals surface area contributed by atoms with Crippen LogP contribution in [0.3, 0.4) is 0 Å². The van der Waals surface area contributed by atoms with E-state index in [1.807, 2.05) is 19.1 Å². The average Bonchev–Trinajstić information content (AvgIpc) is 3.12. The van der Waals surface area contributed by atoms with Crippen LogP contribution in [0.5, 0.6) is 11.5 Å². The Bertz CT molecular complexity index is 348. The van der Waals surface area contributed by atoms with Crippen molar-refractivity contribution in [1.82, 2.24) is 0 Å². The van der Waals surface area contributed by atoms with Gasteiger partial charge in [-0.05, 0) is 19.1 Å². The van der Waals surface area contributed by atoms with Crippen molar-refractivity contribution in [3.05, 3.63) is 23.8 Å². The molecule has 1 aliphatic carbocycles. The maximum atomic E-state index is 5.67. The van der Waals surface area contributed by atoms with Crippen molar-refractivity contribution in [1.29, 1.82) is 0 Å². The molecule has 1 saturated carbocycles. The first kappa shape index (κ1) is 11.3. The summed E-state index contributed by atoms with van der Waals surface area (Å²) >= 11 is 0. The molecule has 1 aromatic rings. The number of methoxy groups -OCH3 is 1. The van der Waals surface area contributed by atoms with Crippen molar-refractivity contribution in [2.75, 3.05) is 13.7 Å². The Morgan fingerprint density at radius 1 is 1.38 bits per heavy atom. The van der Waals surface area contributed by atoms with Crippen LogP contribution in [-0.2, 0) is 6.54 Å². The first-order valence-corrected chi connectivity index (χ1v) is 5.97. The summed E-state index contributed by atoms with van der Waals surface area (Å²) in [5.41, 5.74) is 1.23. The second kappa shape index (κ2) is 5.21. The summed E-state index contributed by atoms with van der Waals surface area (Å²) in [6.07, 6.45) is 2.71. The van der Waals surface area contributed by atoms with Gasteiger partial charge in [-0.3, -0.25) is 0 Å². The smallest absolute Gasteiger partial charge is 0.169 e. The van der Waals surface area contributed by atoms with E-state index in [9.17, 15) is 0 Å². The number of benzene rings is 1. The van der Waals surface area contributed by atoms with Gasteiger partial charge in [-0.2, -0.15) is 0 Å². The number of quaternary nitrogens is 1. The van der Waals surface area contributed by atoms with Crippen LogP contribution in [0.15, 0.2) is 18.2 Å². The molecule has 0 aromatic heterocycles. The van der Waals surface area contributed by atoms with Crippen LogP contribution >= 0.6 is 0 Å². The highest BCUT2D eigenvalue weighted by Crippen LogP contribution is 2.30. The third-order valence-corrected chi connectivity index (χ3v) is 2.86. The topological polar surface area (TPSA) is 35.1 Å². The Morgan fingerprint density at radius 3 is 2.81 bits per heavy atom. The largest absolute Gasteiger partial charge is 0.493 e. The van der Waals surface area contributed by atoms with E-state index >= 15 is 0 Å². The van der Waals surface area contributed by atoms with Crippen LogP contribution in [0.4, 0.5) is 0 Å². The van der Waals surface area contributed by atoms with Crippen molar-refractivity contribution < 1.29 is 14.8 Å². The van der Waals surface area contributed by atoms with Crippen LogP contribution in [-0.4, -0.2) is 19.8 Å². The molecular weight excluding hydrogens is 202 g/mol. The number of hydrogen-bond acceptors (Lipinski definition) is 2. The van der Waals surface area contributed by atoms with E-state index in [0.717, 1.165) is 24.1 Å². The number of hydrogen-bond donors (Lipinski definition) is 1. The molecule has 0 atom stereocenters. The van der Waals surface area contributed by atoms with Crippen molar-refractivity contribution >= 4 is 0 Å². The van der Waals surface area contributed by atoms with Gasteiger partial charge in [0.25, 0.3) is 0 Å². The van der Waals surface area contributed by atoms with E-state index in [1.54, 1.807) is 7.11 Å². The molecule has 1 aromatic carbocycles. The zero-order valence-electron chi connectivity index (χ0n) is 10.0. The summed E-state index contributed by atoms with van der Waals surface area (Å²) < 4.78 is 11.0. The van der Waals surface area contributed by atoms with Gasteiger partial charge in [0.2, 0.25) is 0 Å². The molecule has 1 fully saturated rings. The number of ether oxygens (including phenoxy) is 2. The summed E-state index contributed by atoms with van der Waals surface area (Å²) in [6.45, 7) is 3.66. The SMILES string of the molecule is CCOc1c(C[NH2+]C2CC2)cccc1OC. The van der Waals surface area contributed by atoms with Crippen molar-refractivity contribution in [3.63, 3.8) is 0 Å². The van der Waals surface area contributed by atoms with Crippen LogP contribution in [0.1, 0.15) is 25.3 Å². The maximum Gasteiger partial charge on any atom is 0.169 e. The van der Waals surface area contributed by atoms with E-state index in [4.69, 9.17) is 9.47 Å². The minimum absolute atomic E-state index is 0.677. The third kappa shape index (κ3) is 2.67. The lowest BCUT2D eigenvalue weighted by Crippen LogP contribution is -2.84. The number of nitrogens with two attached hydrogens (primary N) is 1. The molecule has 2 rings (SSSR count). The molecule has 0 spiro atoms. The maximum absolute atomic E-state index is 5.67. The Morgan fingerprint density at radius 2 is 2.19 bits per heavy atom. The summed E-state index contributed by atoms with van der Waals surface area (Å²) in [4.78, 5) is 0. The first-order chi connectivity index (χ1) is 7.85. The number of rotatable bonds is 6. The normalized spacial score (nSPS) is 14.9. The van der Waals surface area contributed by atoms with Crippen molar-refractivity contribution in [2.45, 2.75) is 32.4 Å². The Kier molecular flexibility index (Phi) is 3.67. The van der Waals surface area contributed by atoms with Gasteiger partial charge in [0.05, 0.1) is 25.3 Å². The molecule has 0 saturated heterocycles. The molecule has 0 radical (unpaired) electrons. The van der Waals surface area contributed by atoms with Gasteiger partial charge in [-0.25, -0.2) is 0 Å². The van der Waals surface area contributed by atoms with Crippen molar-refractivity contribution in [3.8, 4) is 11.5 Å². The fourth-order valence-electron chi connectivity index (χ4n) is 1.82. The molecule has 0 unspecified atom stereocenters. The van der Waals surface area contributed by atoms with E-state index in [2.05, 4.69) is 11.4 Å². The summed E-state index contributed by atoms with van der Waals surface area (Å²) in [6, 6.07) is 6.93. The highest BCUT2D eigenvalue weighted by Gasteiger charge is 2.25. The van der Waals surface area contributed by atoms with Gasteiger partial charge in [0.1, 0.15) is 6.54 Å². The molecule has 88 valence electrons. The van der Waals surface area contributed by atoms with E-state index in [0.29, 0.717) is 6.61 Å². The first-order valence-electron chi connectivity index (χ1n) is 5.97. The minimum atomic E-state index is 0.677. The lowest BCUT2D eigenvalue weighted by Gasteiger charge is -2.13. The van der Waals surface area contributed by atoms with Crippen LogP contribution in [0.2, 0.25) is 0 Å². The van der Waals surface area contributed by atoms with Gasteiger partial charge in [0, 0.05) is 12.8 Å². The Hall–Kier alpha value is -1.22. The van der Waals surface area contributed by atoms with Crippen LogP contribution < -0.4 is 14.8 Å². The zero-order chi connectivity index (χ0) is 11.4. The Labute approximate surface area is 96.8 Å². The second-order valence-corrected chi connectivity index (χ2v) is 4.16. The Balaban J connectivity index is 2.12. The predicted molar refractivity (Wildman–Crippen MR) is 62.8 cm³/mol. The molecule has 3 nitrogen and oxygen atoms in total. The summed E-state index contributed by atoms with van der Waals surface area (Å²) in [7, 11) is 1.69. The standard InChI is InChI=1S/C13H19NO2/c1-3-16-13-10(9-14-11-7-8-11)5-4-6-12(13)15-2/h4-6,11,14H,3,7-9H2,1-2H3/p+1. The lowest BCUT2D eigenvalue weighted by molar-refractivity contribution is -0.683. The predicted octanol–water partition coefficient (Wildman–Crippen LogP) is 1.32. The molecule has 0 bridgehead atoms. The molecule has 3 heteroatoms. The monoisotopic (exact) mass is 222 g/mol. The number of para-hydroxylation sites is 1. The zero-order valence-corrected chi connectivity index (χ0v) is 10.0. The highest BCUT2D eigenvalue weighted by molar-refractivity contribution is 5.46. The van der Waals surface area contributed by atoms with Crippen LogP contribution in [0, 0.1) is 0 Å². The molecule has 1 aliphatic rings.